The first-order chi connectivity index (χ1) is 10.9. The summed E-state index contributed by atoms with van der Waals surface area (Å²) in [5.41, 5.74) is 0. The Morgan fingerprint density at radius 2 is 1.30 bits per heavy atom. The molecule has 0 unspecified atom stereocenters. The first-order valence-electron chi connectivity index (χ1n) is 7.89. The Bertz CT molecular complexity index is 532. The Morgan fingerprint density at radius 3 is 1.65 bits per heavy atom. The van der Waals surface area contributed by atoms with Crippen molar-refractivity contribution >= 4 is 23.2 Å². The van der Waals surface area contributed by atoms with E-state index in [0.717, 1.165) is 11.3 Å². The molecule has 1 aromatic rings. The molecule has 0 bridgehead atoms. The zero-order valence-electron chi connectivity index (χ0n) is 14.0. The van der Waals surface area contributed by atoms with Gasteiger partial charge >= 0.3 is 0 Å². The topological polar surface area (TPSA) is 76.7 Å². The Hall–Kier alpha value is -1.76. The Labute approximate surface area is 140 Å². The van der Waals surface area contributed by atoms with Crippen LogP contribution in [-0.2, 0) is 0 Å². The first-order valence-corrected chi connectivity index (χ1v) is 8.70. The van der Waals surface area contributed by atoms with Gasteiger partial charge in [0.15, 0.2) is 11.5 Å². The molecule has 0 atom stereocenters. The maximum atomic E-state index is 12.4. The van der Waals surface area contributed by atoms with Crippen molar-refractivity contribution in [2.75, 3.05) is 26.3 Å². The number of hydrogen-bond acceptors (Lipinski definition) is 5. The molecule has 6 nitrogen and oxygen atoms in total. The van der Waals surface area contributed by atoms with Gasteiger partial charge in [-0.3, -0.25) is 9.59 Å². The minimum atomic E-state index is -0.228. The van der Waals surface area contributed by atoms with E-state index in [0.29, 0.717) is 59.4 Å². The second-order valence-corrected chi connectivity index (χ2v) is 7.34. The summed E-state index contributed by atoms with van der Waals surface area (Å²) < 4.78 is 11.2. The highest BCUT2D eigenvalue weighted by Gasteiger charge is 2.31. The molecule has 0 radical (unpaired) electrons. The molecule has 0 fully saturated rings. The molecule has 1 aliphatic heterocycles. The lowest BCUT2D eigenvalue weighted by atomic mass is 10.2. The van der Waals surface area contributed by atoms with E-state index in [1.807, 2.05) is 27.7 Å². The minimum absolute atomic E-state index is 0.228. The van der Waals surface area contributed by atoms with Gasteiger partial charge in [-0.25, -0.2) is 0 Å². The molecule has 23 heavy (non-hydrogen) atoms. The van der Waals surface area contributed by atoms with Crippen LogP contribution in [-0.4, -0.2) is 38.1 Å². The average Bonchev–Trinajstić information content (AvgIpc) is 2.90. The Kier molecular flexibility index (Phi) is 5.87. The second kappa shape index (κ2) is 7.68. The molecule has 2 heterocycles. The Morgan fingerprint density at radius 1 is 0.913 bits per heavy atom. The van der Waals surface area contributed by atoms with E-state index in [4.69, 9.17) is 9.47 Å². The lowest BCUT2D eigenvalue weighted by molar-refractivity contribution is 0.0929. The lowest BCUT2D eigenvalue weighted by Crippen LogP contribution is -2.27. The lowest BCUT2D eigenvalue weighted by Gasteiger charge is -2.17. The molecule has 0 saturated carbocycles. The number of amides is 2. The summed E-state index contributed by atoms with van der Waals surface area (Å²) in [5.74, 6) is 1.01. The number of thiophene rings is 1. The molecular weight excluding hydrogens is 316 g/mol. The van der Waals surface area contributed by atoms with Gasteiger partial charge < -0.3 is 20.1 Å². The highest BCUT2D eigenvalue weighted by Crippen LogP contribution is 2.43. The van der Waals surface area contributed by atoms with E-state index in [1.165, 1.54) is 0 Å². The fourth-order valence-electron chi connectivity index (χ4n) is 2.00. The summed E-state index contributed by atoms with van der Waals surface area (Å²) in [5, 5.41) is 5.71. The van der Waals surface area contributed by atoms with Gasteiger partial charge in [0.25, 0.3) is 11.8 Å². The molecule has 0 aromatic carbocycles. The van der Waals surface area contributed by atoms with E-state index in [9.17, 15) is 9.59 Å². The van der Waals surface area contributed by atoms with E-state index in [1.54, 1.807) is 0 Å². The highest BCUT2D eigenvalue weighted by atomic mass is 32.1. The largest absolute Gasteiger partial charge is 0.484 e. The van der Waals surface area contributed by atoms with Crippen LogP contribution in [0.25, 0.3) is 0 Å². The maximum Gasteiger partial charge on any atom is 0.265 e. The average molecular weight is 340 g/mol. The van der Waals surface area contributed by atoms with Gasteiger partial charge in [0.1, 0.15) is 23.0 Å². The third-order valence-corrected chi connectivity index (χ3v) is 4.30. The van der Waals surface area contributed by atoms with Gasteiger partial charge in [-0.15, -0.1) is 11.3 Å². The number of nitrogens with one attached hydrogen (secondary N) is 2. The Balaban J connectivity index is 2.23. The highest BCUT2D eigenvalue weighted by molar-refractivity contribution is 7.16. The number of hydrogen-bond donors (Lipinski definition) is 2. The van der Waals surface area contributed by atoms with Crippen molar-refractivity contribution in [3.05, 3.63) is 9.75 Å². The second-order valence-electron chi connectivity index (χ2n) is 6.32. The number of fused-ring (bicyclic) bond motifs is 1. The fourth-order valence-corrected chi connectivity index (χ4v) is 3.03. The number of ether oxygens (including phenoxy) is 2. The van der Waals surface area contributed by atoms with Gasteiger partial charge in [-0.1, -0.05) is 27.7 Å². The SMILES string of the molecule is CC(C)CNC(=O)c1sc(C(=O)NCC(C)C)c2c1OCCO2. The molecule has 2 N–H and O–H groups in total. The number of carbonyl (C=O) groups is 2. The summed E-state index contributed by atoms with van der Waals surface area (Å²) in [7, 11) is 0. The van der Waals surface area contributed by atoms with Crippen molar-refractivity contribution in [1.82, 2.24) is 10.6 Å². The van der Waals surface area contributed by atoms with Crippen LogP contribution in [0.5, 0.6) is 11.5 Å². The van der Waals surface area contributed by atoms with Crippen molar-refractivity contribution in [3.63, 3.8) is 0 Å². The quantitative estimate of drug-likeness (QED) is 0.833. The van der Waals surface area contributed by atoms with Gasteiger partial charge in [0.2, 0.25) is 0 Å². The van der Waals surface area contributed by atoms with Crippen LogP contribution in [0.4, 0.5) is 0 Å². The summed E-state index contributed by atoms with van der Waals surface area (Å²) in [6.45, 7) is 9.98. The van der Waals surface area contributed by atoms with Crippen molar-refractivity contribution in [1.29, 1.82) is 0 Å². The van der Waals surface area contributed by atoms with Crippen LogP contribution in [0.1, 0.15) is 47.0 Å². The van der Waals surface area contributed by atoms with Gasteiger partial charge in [-0.2, -0.15) is 0 Å². The van der Waals surface area contributed by atoms with Crippen LogP contribution < -0.4 is 20.1 Å². The zero-order valence-corrected chi connectivity index (χ0v) is 14.8. The zero-order chi connectivity index (χ0) is 17.0. The van der Waals surface area contributed by atoms with E-state index in [-0.39, 0.29) is 11.8 Å². The monoisotopic (exact) mass is 340 g/mol. The third kappa shape index (κ3) is 4.37. The van der Waals surface area contributed by atoms with E-state index >= 15 is 0 Å². The molecule has 2 rings (SSSR count). The van der Waals surface area contributed by atoms with Crippen LogP contribution in [0.15, 0.2) is 0 Å². The molecule has 2 amide bonds. The van der Waals surface area contributed by atoms with Crippen molar-refractivity contribution in [3.8, 4) is 11.5 Å². The van der Waals surface area contributed by atoms with E-state index < -0.39 is 0 Å². The molecule has 0 saturated heterocycles. The molecular formula is C16H24N2O4S. The van der Waals surface area contributed by atoms with Gasteiger partial charge in [0.05, 0.1) is 0 Å². The summed E-state index contributed by atoms with van der Waals surface area (Å²) in [4.78, 5) is 25.5. The molecule has 1 aliphatic rings. The van der Waals surface area contributed by atoms with Crippen LogP contribution >= 0.6 is 11.3 Å². The maximum absolute atomic E-state index is 12.4. The normalized spacial score (nSPS) is 13.3. The molecule has 0 spiro atoms. The number of carbonyl (C=O) groups excluding carboxylic acids is 2. The van der Waals surface area contributed by atoms with Crippen molar-refractivity contribution < 1.29 is 19.1 Å². The molecule has 0 aliphatic carbocycles. The molecule has 1 aromatic heterocycles. The fraction of sp³-hybridized carbons (Fsp3) is 0.625. The van der Waals surface area contributed by atoms with Crippen molar-refractivity contribution in [2.24, 2.45) is 11.8 Å². The predicted molar refractivity (Wildman–Crippen MR) is 89.7 cm³/mol. The van der Waals surface area contributed by atoms with Crippen LogP contribution in [0.2, 0.25) is 0 Å². The van der Waals surface area contributed by atoms with E-state index in [2.05, 4.69) is 10.6 Å². The van der Waals surface area contributed by atoms with Gasteiger partial charge in [0, 0.05) is 13.1 Å². The van der Waals surface area contributed by atoms with Crippen molar-refractivity contribution in [2.45, 2.75) is 27.7 Å². The molecule has 128 valence electrons. The predicted octanol–water partition coefficient (Wildman–Crippen LogP) is 2.29. The third-order valence-electron chi connectivity index (χ3n) is 3.15. The molecule has 7 heteroatoms. The summed E-state index contributed by atoms with van der Waals surface area (Å²) >= 11 is 1.12. The van der Waals surface area contributed by atoms with Crippen LogP contribution in [0, 0.1) is 11.8 Å². The summed E-state index contributed by atoms with van der Waals surface area (Å²) in [6, 6.07) is 0. The first kappa shape index (κ1) is 17.6. The standard InChI is InChI=1S/C16H24N2O4S/c1-9(2)7-17-15(19)13-11-12(22-6-5-21-11)14(23-13)16(20)18-8-10(3)4/h9-10H,5-8H2,1-4H3,(H,17,19)(H,18,20). The summed E-state index contributed by atoms with van der Waals surface area (Å²) in [6.07, 6.45) is 0. The number of rotatable bonds is 6. The van der Waals surface area contributed by atoms with Gasteiger partial charge in [-0.05, 0) is 11.8 Å². The van der Waals surface area contributed by atoms with Crippen LogP contribution in [0.3, 0.4) is 0 Å². The smallest absolute Gasteiger partial charge is 0.265 e. The minimum Gasteiger partial charge on any atom is -0.484 e.